The molecule has 2 N–H and O–H groups in total. The second-order valence-corrected chi connectivity index (χ2v) is 7.68. The third-order valence-corrected chi connectivity index (χ3v) is 5.82. The zero-order valence-corrected chi connectivity index (χ0v) is 14.5. The third kappa shape index (κ3) is 7.37. The van der Waals surface area contributed by atoms with E-state index >= 15 is 0 Å². The minimum Gasteiger partial charge on any atom is -0.381 e. The number of ether oxygens (including phenoxy) is 1. The number of hydrogen-bond acceptors (Lipinski definition) is 5. The van der Waals surface area contributed by atoms with Crippen LogP contribution in [0.25, 0.3) is 0 Å². The Balaban J connectivity index is 2.31. The average molecular weight is 335 g/mol. The molecule has 1 heterocycles. The first-order valence-electron chi connectivity index (χ1n) is 7.45. The van der Waals surface area contributed by atoms with Crippen molar-refractivity contribution >= 4 is 21.4 Å². The van der Waals surface area contributed by atoms with Crippen molar-refractivity contribution in [2.45, 2.75) is 43.9 Å². The van der Waals surface area contributed by atoms with Gasteiger partial charge in [0, 0.05) is 26.3 Å². The van der Waals surface area contributed by atoms with Gasteiger partial charge in [-0.2, -0.15) is 0 Å². The van der Waals surface area contributed by atoms with Gasteiger partial charge in [0.15, 0.2) is 0 Å². The van der Waals surface area contributed by atoms with Gasteiger partial charge in [0.1, 0.15) is 4.21 Å². The molecule has 1 rings (SSSR count). The molecule has 0 aliphatic carbocycles. The van der Waals surface area contributed by atoms with Crippen LogP contribution in [0.2, 0.25) is 0 Å². The van der Waals surface area contributed by atoms with Crippen molar-refractivity contribution in [1.29, 1.82) is 0 Å². The third-order valence-electron chi connectivity index (χ3n) is 2.87. The van der Waals surface area contributed by atoms with Gasteiger partial charge in [0.25, 0.3) is 0 Å². The molecule has 0 fully saturated rings. The normalized spacial score (nSPS) is 11.9. The molecule has 0 aliphatic rings. The van der Waals surface area contributed by atoms with Crippen molar-refractivity contribution in [2.24, 2.45) is 0 Å². The van der Waals surface area contributed by atoms with Gasteiger partial charge in [-0.05, 0) is 36.4 Å². The van der Waals surface area contributed by atoms with E-state index in [1.807, 2.05) is 12.3 Å². The standard InChI is InChI=1S/C14H26N2O3S2/c1-3-5-8-19-9-6-7-16-21(17,18)14-10-13(12-20-14)11-15-4-2/h10,12,15-16H,3-9,11H2,1-2H3. The topological polar surface area (TPSA) is 67.4 Å². The highest BCUT2D eigenvalue weighted by molar-refractivity contribution is 7.91. The maximum atomic E-state index is 12.1. The molecule has 0 unspecified atom stereocenters. The summed E-state index contributed by atoms with van der Waals surface area (Å²) in [6, 6.07) is 1.73. The first-order valence-corrected chi connectivity index (χ1v) is 9.82. The van der Waals surface area contributed by atoms with Gasteiger partial charge < -0.3 is 10.1 Å². The van der Waals surface area contributed by atoms with Crippen molar-refractivity contribution < 1.29 is 13.2 Å². The van der Waals surface area contributed by atoms with E-state index < -0.39 is 10.0 Å². The largest absolute Gasteiger partial charge is 0.381 e. The lowest BCUT2D eigenvalue weighted by Gasteiger charge is -2.05. The fourth-order valence-corrected chi connectivity index (χ4v) is 3.98. The summed E-state index contributed by atoms with van der Waals surface area (Å²) < 4.78 is 32.6. The SMILES string of the molecule is CCCCOCCCNS(=O)(=O)c1cc(CNCC)cs1. The second kappa shape index (κ2) is 10.3. The Labute approximate surface area is 132 Å². The summed E-state index contributed by atoms with van der Waals surface area (Å²) in [5.41, 5.74) is 1.00. The quantitative estimate of drug-likeness (QED) is 0.576. The molecule has 0 bridgehead atoms. The summed E-state index contributed by atoms with van der Waals surface area (Å²) in [6.45, 7) is 7.47. The fraction of sp³-hybridized carbons (Fsp3) is 0.714. The molecule has 122 valence electrons. The lowest BCUT2D eigenvalue weighted by molar-refractivity contribution is 0.130. The highest BCUT2D eigenvalue weighted by Gasteiger charge is 2.15. The fourth-order valence-electron chi connectivity index (χ4n) is 1.66. The van der Waals surface area contributed by atoms with Crippen LogP contribution in [0.5, 0.6) is 0 Å². The van der Waals surface area contributed by atoms with Crippen LogP contribution < -0.4 is 10.0 Å². The van der Waals surface area contributed by atoms with Gasteiger partial charge in [-0.15, -0.1) is 11.3 Å². The molecule has 0 saturated carbocycles. The minimum atomic E-state index is -3.38. The lowest BCUT2D eigenvalue weighted by Crippen LogP contribution is -2.25. The summed E-state index contributed by atoms with van der Waals surface area (Å²) in [5, 5.41) is 5.06. The number of thiophene rings is 1. The van der Waals surface area contributed by atoms with E-state index in [1.54, 1.807) is 6.07 Å². The molecule has 21 heavy (non-hydrogen) atoms. The summed E-state index contributed by atoms with van der Waals surface area (Å²) in [7, 11) is -3.38. The summed E-state index contributed by atoms with van der Waals surface area (Å²) in [6.07, 6.45) is 2.86. The molecule has 1 aromatic heterocycles. The Hall–Kier alpha value is -0.470. The summed E-state index contributed by atoms with van der Waals surface area (Å²) in [4.78, 5) is 0. The highest BCUT2D eigenvalue weighted by Crippen LogP contribution is 2.19. The predicted octanol–water partition coefficient (Wildman–Crippen LogP) is 2.34. The van der Waals surface area contributed by atoms with Gasteiger partial charge in [-0.3, -0.25) is 0 Å². The van der Waals surface area contributed by atoms with Crippen LogP contribution >= 0.6 is 11.3 Å². The van der Waals surface area contributed by atoms with Crippen molar-refractivity contribution in [3.8, 4) is 0 Å². The van der Waals surface area contributed by atoms with Crippen LogP contribution in [-0.2, 0) is 21.3 Å². The number of nitrogens with one attached hydrogen (secondary N) is 2. The van der Waals surface area contributed by atoms with Crippen molar-refractivity contribution in [3.63, 3.8) is 0 Å². The van der Waals surface area contributed by atoms with Crippen LogP contribution in [-0.4, -0.2) is 34.7 Å². The average Bonchev–Trinajstić information content (AvgIpc) is 2.94. The maximum absolute atomic E-state index is 12.1. The molecule has 1 aromatic rings. The van der Waals surface area contributed by atoms with Crippen LogP contribution in [0.3, 0.4) is 0 Å². The number of unbranched alkanes of at least 4 members (excludes halogenated alkanes) is 1. The van der Waals surface area contributed by atoms with E-state index in [1.165, 1.54) is 11.3 Å². The molecule has 0 aliphatic heterocycles. The highest BCUT2D eigenvalue weighted by atomic mass is 32.2. The molecule has 0 saturated heterocycles. The Morgan fingerprint density at radius 3 is 2.71 bits per heavy atom. The van der Waals surface area contributed by atoms with Gasteiger partial charge in [0.2, 0.25) is 10.0 Å². The Kier molecular flexibility index (Phi) is 9.10. The number of rotatable bonds is 12. The maximum Gasteiger partial charge on any atom is 0.250 e. The van der Waals surface area contributed by atoms with Gasteiger partial charge in [-0.1, -0.05) is 20.3 Å². The molecule has 7 heteroatoms. The van der Waals surface area contributed by atoms with Crippen LogP contribution in [0.15, 0.2) is 15.7 Å². The van der Waals surface area contributed by atoms with Crippen LogP contribution in [0.4, 0.5) is 0 Å². The van der Waals surface area contributed by atoms with Gasteiger partial charge in [-0.25, -0.2) is 13.1 Å². The molecule has 0 atom stereocenters. The zero-order valence-electron chi connectivity index (χ0n) is 12.9. The van der Waals surface area contributed by atoms with E-state index in [0.29, 0.717) is 30.3 Å². The first kappa shape index (κ1) is 18.6. The Morgan fingerprint density at radius 2 is 2.00 bits per heavy atom. The predicted molar refractivity (Wildman–Crippen MR) is 87.2 cm³/mol. The molecular formula is C14H26N2O3S2. The molecular weight excluding hydrogens is 308 g/mol. The molecule has 0 amide bonds. The van der Waals surface area contributed by atoms with E-state index in [0.717, 1.165) is 31.6 Å². The Bertz CT molecular complexity index is 486. The van der Waals surface area contributed by atoms with Crippen molar-refractivity contribution in [2.75, 3.05) is 26.3 Å². The van der Waals surface area contributed by atoms with Crippen molar-refractivity contribution in [3.05, 3.63) is 17.0 Å². The van der Waals surface area contributed by atoms with Gasteiger partial charge in [0.05, 0.1) is 0 Å². The lowest BCUT2D eigenvalue weighted by atomic mass is 10.3. The Morgan fingerprint density at radius 1 is 1.24 bits per heavy atom. The molecule has 0 spiro atoms. The molecule has 0 radical (unpaired) electrons. The number of sulfonamides is 1. The van der Waals surface area contributed by atoms with E-state index in [-0.39, 0.29) is 0 Å². The summed E-state index contributed by atoms with van der Waals surface area (Å²) in [5.74, 6) is 0. The van der Waals surface area contributed by atoms with E-state index in [2.05, 4.69) is 17.0 Å². The van der Waals surface area contributed by atoms with Gasteiger partial charge >= 0.3 is 0 Å². The molecule has 5 nitrogen and oxygen atoms in total. The monoisotopic (exact) mass is 334 g/mol. The molecule has 0 aromatic carbocycles. The van der Waals surface area contributed by atoms with Crippen molar-refractivity contribution in [1.82, 2.24) is 10.0 Å². The number of hydrogen-bond donors (Lipinski definition) is 2. The van der Waals surface area contributed by atoms with E-state index in [4.69, 9.17) is 4.74 Å². The van der Waals surface area contributed by atoms with E-state index in [9.17, 15) is 8.42 Å². The smallest absolute Gasteiger partial charge is 0.250 e. The zero-order chi connectivity index (χ0) is 15.6. The van der Waals surface area contributed by atoms with Crippen LogP contribution in [0.1, 0.15) is 38.7 Å². The minimum absolute atomic E-state index is 0.377. The second-order valence-electron chi connectivity index (χ2n) is 4.77. The summed E-state index contributed by atoms with van der Waals surface area (Å²) >= 11 is 1.26. The van der Waals surface area contributed by atoms with Crippen LogP contribution in [0, 0.1) is 0 Å². The first-order chi connectivity index (χ1) is 10.1.